The fourth-order valence-corrected chi connectivity index (χ4v) is 1.99. The number of esters is 1. The van der Waals surface area contributed by atoms with Gasteiger partial charge in [0.2, 0.25) is 0 Å². The third-order valence-electron chi connectivity index (χ3n) is 2.80. The first-order valence-corrected chi connectivity index (χ1v) is 5.83. The molecule has 0 saturated carbocycles. The standard InChI is InChI=1S/C13H17NO3/c1-2-17-13(15)8-14-10-16-9-12(14)11-6-4-3-5-7-11/h3-7,12H,2,8-10H2,1H3/t12-/m1/s1. The van der Waals surface area contributed by atoms with Crippen LogP contribution >= 0.6 is 0 Å². The van der Waals surface area contributed by atoms with Crippen molar-refractivity contribution in [3.05, 3.63) is 35.9 Å². The maximum atomic E-state index is 11.5. The third-order valence-corrected chi connectivity index (χ3v) is 2.80. The van der Waals surface area contributed by atoms with Crippen molar-refractivity contribution in [1.29, 1.82) is 0 Å². The number of hydrogen-bond donors (Lipinski definition) is 0. The van der Waals surface area contributed by atoms with Crippen LogP contribution in [0.15, 0.2) is 30.3 Å². The molecule has 2 rings (SSSR count). The van der Waals surface area contributed by atoms with E-state index >= 15 is 0 Å². The molecule has 92 valence electrons. The Kier molecular flexibility index (Phi) is 4.12. The summed E-state index contributed by atoms with van der Waals surface area (Å²) in [7, 11) is 0. The highest BCUT2D eigenvalue weighted by molar-refractivity contribution is 5.71. The summed E-state index contributed by atoms with van der Waals surface area (Å²) in [5.41, 5.74) is 1.18. The molecule has 0 aromatic heterocycles. The molecule has 4 nitrogen and oxygen atoms in total. The maximum Gasteiger partial charge on any atom is 0.320 e. The average Bonchev–Trinajstić information content (AvgIpc) is 2.78. The fourth-order valence-electron chi connectivity index (χ4n) is 1.99. The summed E-state index contributed by atoms with van der Waals surface area (Å²) in [4.78, 5) is 13.4. The summed E-state index contributed by atoms with van der Waals surface area (Å²) in [5, 5.41) is 0. The number of carbonyl (C=O) groups excluding carboxylic acids is 1. The summed E-state index contributed by atoms with van der Waals surface area (Å²) >= 11 is 0. The van der Waals surface area contributed by atoms with Crippen molar-refractivity contribution in [2.45, 2.75) is 13.0 Å². The third kappa shape index (κ3) is 3.05. The van der Waals surface area contributed by atoms with Gasteiger partial charge in [-0.3, -0.25) is 9.69 Å². The van der Waals surface area contributed by atoms with Crippen LogP contribution in [-0.2, 0) is 14.3 Å². The van der Waals surface area contributed by atoms with E-state index in [1.165, 1.54) is 5.56 Å². The lowest BCUT2D eigenvalue weighted by molar-refractivity contribution is -0.145. The Morgan fingerprint density at radius 3 is 2.94 bits per heavy atom. The topological polar surface area (TPSA) is 38.8 Å². The lowest BCUT2D eigenvalue weighted by Gasteiger charge is -2.21. The minimum absolute atomic E-state index is 0.153. The molecule has 0 aliphatic carbocycles. The summed E-state index contributed by atoms with van der Waals surface area (Å²) in [6.07, 6.45) is 0. The minimum Gasteiger partial charge on any atom is -0.465 e. The first-order valence-electron chi connectivity index (χ1n) is 5.83. The van der Waals surface area contributed by atoms with E-state index in [9.17, 15) is 4.79 Å². The summed E-state index contributed by atoms with van der Waals surface area (Å²) < 4.78 is 10.4. The highest BCUT2D eigenvalue weighted by atomic mass is 16.5. The lowest BCUT2D eigenvalue weighted by atomic mass is 10.1. The number of rotatable bonds is 4. The summed E-state index contributed by atoms with van der Waals surface area (Å²) in [5.74, 6) is -0.195. The molecule has 1 aliphatic rings. The first kappa shape index (κ1) is 12.1. The van der Waals surface area contributed by atoms with E-state index in [4.69, 9.17) is 9.47 Å². The summed E-state index contributed by atoms with van der Waals surface area (Å²) in [6.45, 7) is 3.63. The molecule has 1 saturated heterocycles. The van der Waals surface area contributed by atoms with E-state index in [1.807, 2.05) is 30.0 Å². The van der Waals surface area contributed by atoms with Crippen LogP contribution in [0.1, 0.15) is 18.5 Å². The second-order valence-corrected chi connectivity index (χ2v) is 3.98. The molecule has 0 N–H and O–H groups in total. The Morgan fingerprint density at radius 1 is 1.47 bits per heavy atom. The molecule has 0 spiro atoms. The monoisotopic (exact) mass is 235 g/mol. The summed E-state index contributed by atoms with van der Waals surface area (Å²) in [6, 6.07) is 10.2. The van der Waals surface area contributed by atoms with Crippen LogP contribution in [0.25, 0.3) is 0 Å². The highest BCUT2D eigenvalue weighted by Crippen LogP contribution is 2.25. The SMILES string of the molecule is CCOC(=O)CN1COC[C@@H]1c1ccccc1. The van der Waals surface area contributed by atoms with Gasteiger partial charge in [0.05, 0.1) is 25.8 Å². The van der Waals surface area contributed by atoms with Gasteiger partial charge in [0.1, 0.15) is 6.73 Å². The van der Waals surface area contributed by atoms with Crippen LogP contribution in [0.3, 0.4) is 0 Å². The minimum atomic E-state index is -0.195. The molecule has 4 heteroatoms. The zero-order valence-electron chi connectivity index (χ0n) is 9.96. The zero-order valence-corrected chi connectivity index (χ0v) is 9.96. The van der Waals surface area contributed by atoms with Gasteiger partial charge in [-0.2, -0.15) is 0 Å². The number of carbonyl (C=O) groups is 1. The lowest BCUT2D eigenvalue weighted by Crippen LogP contribution is -2.31. The molecule has 0 amide bonds. The predicted molar refractivity (Wildman–Crippen MR) is 63.3 cm³/mol. The van der Waals surface area contributed by atoms with Crippen LogP contribution in [0.5, 0.6) is 0 Å². The molecule has 0 bridgehead atoms. The van der Waals surface area contributed by atoms with Crippen molar-refractivity contribution < 1.29 is 14.3 Å². The van der Waals surface area contributed by atoms with E-state index < -0.39 is 0 Å². The Hall–Kier alpha value is -1.39. The van der Waals surface area contributed by atoms with Crippen molar-refractivity contribution in [2.75, 3.05) is 26.5 Å². The van der Waals surface area contributed by atoms with Crippen LogP contribution < -0.4 is 0 Å². The zero-order chi connectivity index (χ0) is 12.1. The predicted octanol–water partition coefficient (Wildman–Crippen LogP) is 1.58. The van der Waals surface area contributed by atoms with Gasteiger partial charge in [-0.25, -0.2) is 0 Å². The van der Waals surface area contributed by atoms with E-state index in [2.05, 4.69) is 12.1 Å². The van der Waals surface area contributed by atoms with Gasteiger partial charge >= 0.3 is 5.97 Å². The number of hydrogen-bond acceptors (Lipinski definition) is 4. The van der Waals surface area contributed by atoms with Gasteiger partial charge in [0, 0.05) is 0 Å². The van der Waals surface area contributed by atoms with Gasteiger partial charge in [-0.1, -0.05) is 30.3 Å². The van der Waals surface area contributed by atoms with Gasteiger partial charge in [0.15, 0.2) is 0 Å². The normalized spacial score (nSPS) is 20.4. The Balaban J connectivity index is 2.00. The number of ether oxygens (including phenoxy) is 2. The van der Waals surface area contributed by atoms with Crippen molar-refractivity contribution in [2.24, 2.45) is 0 Å². The highest BCUT2D eigenvalue weighted by Gasteiger charge is 2.28. The first-order chi connectivity index (χ1) is 8.31. The molecule has 0 radical (unpaired) electrons. The number of benzene rings is 1. The molecule has 1 heterocycles. The van der Waals surface area contributed by atoms with Crippen molar-refractivity contribution in [3.63, 3.8) is 0 Å². The molecule has 1 fully saturated rings. The molecule has 0 unspecified atom stereocenters. The molecule has 1 aromatic carbocycles. The molecular weight excluding hydrogens is 218 g/mol. The smallest absolute Gasteiger partial charge is 0.320 e. The molecule has 17 heavy (non-hydrogen) atoms. The quantitative estimate of drug-likeness (QED) is 0.743. The molecule has 1 aromatic rings. The van der Waals surface area contributed by atoms with Gasteiger partial charge < -0.3 is 9.47 Å². The maximum absolute atomic E-state index is 11.5. The second-order valence-electron chi connectivity index (χ2n) is 3.98. The van der Waals surface area contributed by atoms with Crippen LogP contribution in [0, 0.1) is 0 Å². The van der Waals surface area contributed by atoms with Crippen molar-refractivity contribution in [3.8, 4) is 0 Å². The van der Waals surface area contributed by atoms with Crippen molar-refractivity contribution in [1.82, 2.24) is 4.90 Å². The van der Waals surface area contributed by atoms with Gasteiger partial charge in [-0.05, 0) is 12.5 Å². The van der Waals surface area contributed by atoms with E-state index in [1.54, 1.807) is 0 Å². The largest absolute Gasteiger partial charge is 0.465 e. The average molecular weight is 235 g/mol. The van der Waals surface area contributed by atoms with Gasteiger partial charge in [-0.15, -0.1) is 0 Å². The Morgan fingerprint density at radius 2 is 2.24 bits per heavy atom. The Labute approximate surface area is 101 Å². The second kappa shape index (κ2) is 5.80. The Bertz CT molecular complexity index is 366. The molecule has 1 aliphatic heterocycles. The van der Waals surface area contributed by atoms with Gasteiger partial charge in [0.25, 0.3) is 0 Å². The van der Waals surface area contributed by atoms with Crippen LogP contribution in [-0.4, -0.2) is 37.4 Å². The van der Waals surface area contributed by atoms with E-state index in [-0.39, 0.29) is 18.6 Å². The van der Waals surface area contributed by atoms with Crippen LogP contribution in [0.2, 0.25) is 0 Å². The number of nitrogens with zero attached hydrogens (tertiary/aromatic N) is 1. The van der Waals surface area contributed by atoms with E-state index in [0.29, 0.717) is 19.9 Å². The van der Waals surface area contributed by atoms with Crippen molar-refractivity contribution >= 4 is 5.97 Å². The fraction of sp³-hybridized carbons (Fsp3) is 0.462. The van der Waals surface area contributed by atoms with Crippen LogP contribution in [0.4, 0.5) is 0 Å². The van der Waals surface area contributed by atoms with E-state index in [0.717, 1.165) is 0 Å². The molecular formula is C13H17NO3. The molecule has 1 atom stereocenters.